The van der Waals surface area contributed by atoms with Gasteiger partial charge in [0.05, 0.1) is 30.1 Å². The highest BCUT2D eigenvalue weighted by atomic mass is 19.4. The molecule has 2 saturated carbocycles. The summed E-state index contributed by atoms with van der Waals surface area (Å²) in [5, 5.41) is 37.0. The van der Waals surface area contributed by atoms with Crippen molar-refractivity contribution in [2.75, 3.05) is 36.5 Å². The Morgan fingerprint density at radius 1 is 0.804 bits per heavy atom. The van der Waals surface area contributed by atoms with Crippen LogP contribution in [0.4, 0.5) is 55.5 Å². The molecular weight excluding hydrogens is 788 g/mol. The Labute approximate surface area is 307 Å². The molecule has 2 aliphatic carbocycles. The number of hydrogen-bond donors (Lipinski definition) is 5. The predicted molar refractivity (Wildman–Crippen MR) is 173 cm³/mol. The molecule has 5 N–H and O–H groups in total. The van der Waals surface area contributed by atoms with Crippen LogP contribution in [0.3, 0.4) is 0 Å². The van der Waals surface area contributed by atoms with E-state index in [0.717, 1.165) is 55.6 Å². The van der Waals surface area contributed by atoms with Gasteiger partial charge in [0, 0.05) is 42.4 Å². The number of hydrogen-bond acceptors (Lipinski definition) is 10. The Hall–Kier alpha value is -5.00. The van der Waals surface area contributed by atoms with Crippen LogP contribution in [0.25, 0.3) is 21.8 Å². The molecule has 4 aliphatic rings. The van der Waals surface area contributed by atoms with Crippen molar-refractivity contribution >= 4 is 51.3 Å². The Balaban J connectivity index is 0.000000274. The van der Waals surface area contributed by atoms with Crippen molar-refractivity contribution in [1.82, 2.24) is 14.5 Å². The summed E-state index contributed by atoms with van der Waals surface area (Å²) < 4.78 is 116. The average Bonchev–Trinajstić information content (AvgIpc) is 3.03. The van der Waals surface area contributed by atoms with Gasteiger partial charge in [0.25, 0.3) is 5.56 Å². The van der Waals surface area contributed by atoms with E-state index >= 15 is 0 Å². The molecule has 1 spiro atoms. The number of carboxylic acids is 3. The lowest BCUT2D eigenvalue weighted by molar-refractivity contribution is -0.193. The molecular formula is C32H33F10N5O9. The van der Waals surface area contributed by atoms with Crippen LogP contribution in [-0.4, -0.2) is 116 Å². The zero-order valence-corrected chi connectivity index (χ0v) is 28.6. The van der Waals surface area contributed by atoms with Crippen molar-refractivity contribution in [3.63, 3.8) is 0 Å². The molecule has 24 heteroatoms. The van der Waals surface area contributed by atoms with Gasteiger partial charge in [-0.05, 0) is 56.0 Å². The van der Waals surface area contributed by atoms with Crippen molar-refractivity contribution in [2.45, 2.75) is 81.4 Å². The van der Waals surface area contributed by atoms with E-state index in [1.165, 1.54) is 0 Å². The largest absolute Gasteiger partial charge is 0.490 e. The fourth-order valence-electron chi connectivity index (χ4n) is 6.21. The van der Waals surface area contributed by atoms with Crippen molar-refractivity contribution in [2.24, 2.45) is 5.41 Å². The van der Waals surface area contributed by atoms with Crippen LogP contribution in [0.2, 0.25) is 0 Å². The summed E-state index contributed by atoms with van der Waals surface area (Å²) in [6.45, 7) is 3.56. The maximum atomic E-state index is 14.0. The van der Waals surface area contributed by atoms with E-state index < -0.39 is 42.6 Å². The molecule has 0 amide bonds. The second kappa shape index (κ2) is 16.6. The lowest BCUT2D eigenvalue weighted by Gasteiger charge is -2.56. The van der Waals surface area contributed by atoms with Crippen LogP contribution in [0.15, 0.2) is 29.2 Å². The Morgan fingerprint density at radius 3 is 1.73 bits per heavy atom. The molecule has 2 saturated heterocycles. The van der Waals surface area contributed by atoms with Crippen molar-refractivity contribution in [3.05, 3.63) is 34.7 Å². The minimum atomic E-state index is -5.08. The number of alkyl halides is 10. The van der Waals surface area contributed by atoms with E-state index in [1.807, 2.05) is 16.7 Å². The van der Waals surface area contributed by atoms with Gasteiger partial charge in [-0.1, -0.05) is 6.07 Å². The third-order valence-electron chi connectivity index (χ3n) is 9.15. The maximum absolute atomic E-state index is 14.0. The summed E-state index contributed by atoms with van der Waals surface area (Å²) >= 11 is 0. The predicted octanol–water partition coefficient (Wildman–Crippen LogP) is 5.07. The molecule has 3 aromatic rings. The highest BCUT2D eigenvalue weighted by Gasteiger charge is 2.49. The number of aliphatic hydroxyl groups excluding tert-OH is 1. The lowest BCUT2D eigenvalue weighted by atomic mass is 9.77. The smallest absolute Gasteiger partial charge is 0.475 e. The number of nitrogens with zero attached hydrogens (tertiary/aromatic N) is 4. The van der Waals surface area contributed by atoms with Crippen LogP contribution in [0, 0.1) is 5.41 Å². The molecule has 0 unspecified atom stereocenters. The van der Waals surface area contributed by atoms with Gasteiger partial charge in [-0.15, -0.1) is 0 Å². The monoisotopic (exact) mass is 821 g/mol. The summed E-state index contributed by atoms with van der Waals surface area (Å²) in [5.74, 6) is -7.84. The van der Waals surface area contributed by atoms with E-state index in [9.17, 15) is 53.8 Å². The highest BCUT2D eigenvalue weighted by molar-refractivity contribution is 6.05. The average molecular weight is 822 g/mol. The van der Waals surface area contributed by atoms with Gasteiger partial charge in [0.1, 0.15) is 11.8 Å². The molecule has 2 aliphatic heterocycles. The SMILES string of the molecule is O=C(O)C(F)(F)F.O=C(O)C(F)(F)F.O=C(O)C(F)(F)F.O=c1c2cc(N3CC4(COC4)C3)ccc2c2cnc(NC3CC(F)C3)nc2n1[C@H]1CC[C@H](O)CC1. The number of aliphatic carboxylic acids is 3. The molecule has 7 rings (SSSR count). The number of fused-ring (bicyclic) bond motifs is 3. The first kappa shape index (κ1) is 43.7. The second-order valence-electron chi connectivity index (χ2n) is 13.5. The van der Waals surface area contributed by atoms with Crippen LogP contribution >= 0.6 is 0 Å². The number of pyridine rings is 1. The number of ether oxygens (including phenoxy) is 1. The fraction of sp³-hybridized carbons (Fsp3) is 0.562. The maximum Gasteiger partial charge on any atom is 0.490 e. The summed E-state index contributed by atoms with van der Waals surface area (Å²) in [7, 11) is 0. The van der Waals surface area contributed by atoms with Gasteiger partial charge in [-0.3, -0.25) is 9.36 Å². The normalized spacial score (nSPS) is 22.7. The number of nitrogens with one attached hydrogen (secondary N) is 1. The molecule has 14 nitrogen and oxygen atoms in total. The number of aromatic nitrogens is 3. The molecule has 4 fully saturated rings. The third kappa shape index (κ3) is 10.6. The third-order valence-corrected chi connectivity index (χ3v) is 9.15. The van der Waals surface area contributed by atoms with E-state index in [2.05, 4.69) is 21.3 Å². The zero-order chi connectivity index (χ0) is 42.0. The molecule has 0 radical (unpaired) electrons. The van der Waals surface area contributed by atoms with Crippen molar-refractivity contribution in [3.8, 4) is 0 Å². The number of rotatable bonds is 4. The molecule has 310 valence electrons. The Bertz CT molecular complexity index is 1910. The van der Waals surface area contributed by atoms with Gasteiger partial charge in [-0.2, -0.15) is 44.5 Å². The molecule has 0 atom stereocenters. The first-order chi connectivity index (χ1) is 25.8. The summed E-state index contributed by atoms with van der Waals surface area (Å²) in [6, 6.07) is 6.11. The van der Waals surface area contributed by atoms with E-state index in [4.69, 9.17) is 39.4 Å². The highest BCUT2D eigenvalue weighted by Crippen LogP contribution is 2.41. The number of anilines is 2. The van der Waals surface area contributed by atoms with E-state index in [1.54, 1.807) is 6.20 Å². The van der Waals surface area contributed by atoms with Gasteiger partial charge in [0.15, 0.2) is 0 Å². The molecule has 4 heterocycles. The summed E-state index contributed by atoms with van der Waals surface area (Å²) in [4.78, 5) is 52.3. The molecule has 0 bridgehead atoms. The lowest BCUT2D eigenvalue weighted by Crippen LogP contribution is -2.66. The second-order valence-corrected chi connectivity index (χ2v) is 13.5. The quantitative estimate of drug-likeness (QED) is 0.173. The van der Waals surface area contributed by atoms with Crippen molar-refractivity contribution in [1.29, 1.82) is 0 Å². The van der Waals surface area contributed by atoms with Crippen LogP contribution in [0.5, 0.6) is 0 Å². The van der Waals surface area contributed by atoms with E-state index in [0.29, 0.717) is 48.1 Å². The zero-order valence-electron chi connectivity index (χ0n) is 28.6. The topological polar surface area (TPSA) is 204 Å². The molecule has 2 aromatic heterocycles. The number of carbonyl (C=O) groups is 3. The summed E-state index contributed by atoms with van der Waals surface area (Å²) in [5.41, 5.74) is 1.92. The fourth-order valence-corrected chi connectivity index (χ4v) is 6.21. The van der Waals surface area contributed by atoms with Crippen LogP contribution < -0.4 is 15.8 Å². The minimum Gasteiger partial charge on any atom is -0.475 e. The molecule has 1 aromatic carbocycles. The number of benzene rings is 1. The summed E-state index contributed by atoms with van der Waals surface area (Å²) in [6.07, 6.45) is -10.8. The van der Waals surface area contributed by atoms with Crippen molar-refractivity contribution < 1.29 is 83.5 Å². The Morgan fingerprint density at radius 2 is 1.30 bits per heavy atom. The number of halogens is 10. The van der Waals surface area contributed by atoms with Gasteiger partial charge < -0.3 is 35.4 Å². The first-order valence-electron chi connectivity index (χ1n) is 16.5. The Kier molecular flexibility index (Phi) is 13.0. The number of aliphatic hydroxyl groups is 1. The number of carboxylic acid groups (broad SMARTS) is 3. The minimum absolute atomic E-state index is 0.0244. The van der Waals surface area contributed by atoms with Crippen LogP contribution in [-0.2, 0) is 19.1 Å². The van der Waals surface area contributed by atoms with Gasteiger partial charge >= 0.3 is 36.4 Å². The standard InChI is InChI=1S/C26H30FN5O3.3C2HF3O2/c27-15-7-16(8-15)29-25-28-10-22-20-6-3-18(31-11-26(12-31)13-35-14-26)9-21(20)24(34)32(23(22)30-25)17-1-4-19(33)5-2-17;3*3-2(4,5)1(6)7/h3,6,9-10,15-17,19,33H,1-2,4-5,7-8,11-14H2,(H,28,29,30);3*(H,6,7)/t15?,16?,17-,19-;;;. The van der Waals surface area contributed by atoms with E-state index in [-0.39, 0.29) is 23.7 Å². The van der Waals surface area contributed by atoms with Gasteiger partial charge in [-0.25, -0.2) is 23.8 Å². The first-order valence-corrected chi connectivity index (χ1v) is 16.5. The van der Waals surface area contributed by atoms with Gasteiger partial charge in [0.2, 0.25) is 5.95 Å². The van der Waals surface area contributed by atoms with Crippen LogP contribution in [0.1, 0.15) is 44.6 Å². The molecule has 56 heavy (non-hydrogen) atoms.